The monoisotopic (exact) mass is 434 g/mol. The molecule has 0 aliphatic rings. The molecule has 19 heavy (non-hydrogen) atoms. The Hall–Kier alpha value is -1.22. The number of halogens is 2. The number of pyridine rings is 1. The van der Waals surface area contributed by atoms with Crippen LogP contribution in [0.1, 0.15) is 5.56 Å². The van der Waals surface area contributed by atoms with Crippen LogP contribution in [-0.2, 0) is 0 Å². The first-order valence-electron chi connectivity index (χ1n) is 5.22. The van der Waals surface area contributed by atoms with Crippen LogP contribution in [0.5, 0.6) is 11.6 Å². The van der Waals surface area contributed by atoms with Crippen molar-refractivity contribution in [2.75, 3.05) is 0 Å². The second kappa shape index (κ2) is 5.83. The average Bonchev–Trinajstić information content (AvgIpc) is 2.37. The van der Waals surface area contributed by atoms with Gasteiger partial charge in [0.15, 0.2) is 0 Å². The van der Waals surface area contributed by atoms with E-state index in [0.717, 1.165) is 3.57 Å². The molecule has 0 N–H and O–H groups in total. The summed E-state index contributed by atoms with van der Waals surface area (Å²) in [4.78, 5) is 14.3. The molecule has 2 aromatic rings. The van der Waals surface area contributed by atoms with E-state index in [1.54, 1.807) is 6.92 Å². The second-order valence-corrected chi connectivity index (χ2v) is 5.74. The van der Waals surface area contributed by atoms with Gasteiger partial charge < -0.3 is 4.74 Å². The third kappa shape index (κ3) is 3.21. The quantitative estimate of drug-likeness (QED) is 0.406. The maximum atomic E-state index is 10.8. The van der Waals surface area contributed by atoms with E-state index in [1.807, 2.05) is 24.3 Å². The van der Waals surface area contributed by atoms with Crippen molar-refractivity contribution in [3.05, 3.63) is 54.2 Å². The highest BCUT2D eigenvalue weighted by Gasteiger charge is 2.18. The average molecular weight is 435 g/mol. The van der Waals surface area contributed by atoms with Crippen LogP contribution in [0, 0.1) is 20.6 Å². The highest BCUT2D eigenvalue weighted by atomic mass is 127. The molecule has 0 aliphatic heterocycles. The number of hydrogen-bond acceptors (Lipinski definition) is 4. The van der Waals surface area contributed by atoms with E-state index >= 15 is 0 Å². The summed E-state index contributed by atoms with van der Waals surface area (Å²) in [5.74, 6) is 0.936. The van der Waals surface area contributed by atoms with E-state index in [2.05, 4.69) is 43.5 Å². The molecule has 2 rings (SSSR count). The Labute approximate surface area is 131 Å². The molecule has 0 atom stereocenters. The van der Waals surface area contributed by atoms with Gasteiger partial charge in [0.05, 0.1) is 9.40 Å². The predicted octanol–water partition coefficient (Wildman–Crippen LogP) is 4.46. The third-order valence-corrected chi connectivity index (χ3v) is 4.08. The van der Waals surface area contributed by atoms with Crippen LogP contribution in [0.4, 0.5) is 5.69 Å². The topological polar surface area (TPSA) is 65.3 Å². The largest absolute Gasteiger partial charge is 0.438 e. The lowest BCUT2D eigenvalue weighted by Crippen LogP contribution is -1.97. The SMILES string of the molecule is Cc1c([N+](=O)[O-])cnc(Oc2ccc(I)cc2)c1Br. The number of benzene rings is 1. The van der Waals surface area contributed by atoms with Crippen molar-refractivity contribution in [1.82, 2.24) is 4.98 Å². The van der Waals surface area contributed by atoms with Crippen LogP contribution in [0.2, 0.25) is 0 Å². The zero-order valence-electron chi connectivity index (χ0n) is 9.76. The molecule has 1 aromatic heterocycles. The van der Waals surface area contributed by atoms with E-state index in [9.17, 15) is 10.1 Å². The molecule has 0 unspecified atom stereocenters. The van der Waals surface area contributed by atoms with Gasteiger partial charge in [-0.2, -0.15) is 0 Å². The van der Waals surface area contributed by atoms with Gasteiger partial charge in [0.25, 0.3) is 5.69 Å². The van der Waals surface area contributed by atoms with Crippen molar-refractivity contribution in [2.45, 2.75) is 6.92 Å². The van der Waals surface area contributed by atoms with E-state index < -0.39 is 4.92 Å². The van der Waals surface area contributed by atoms with Crippen LogP contribution in [0.15, 0.2) is 34.9 Å². The molecule has 5 nitrogen and oxygen atoms in total. The summed E-state index contributed by atoms with van der Waals surface area (Å²) >= 11 is 5.47. The van der Waals surface area contributed by atoms with Crippen molar-refractivity contribution < 1.29 is 9.66 Å². The van der Waals surface area contributed by atoms with Crippen molar-refractivity contribution in [3.63, 3.8) is 0 Å². The van der Waals surface area contributed by atoms with Crippen molar-refractivity contribution in [2.24, 2.45) is 0 Å². The highest BCUT2D eigenvalue weighted by Crippen LogP contribution is 2.34. The molecule has 1 aromatic carbocycles. The predicted molar refractivity (Wildman–Crippen MR) is 82.6 cm³/mol. The summed E-state index contributed by atoms with van der Waals surface area (Å²) in [5, 5.41) is 10.8. The van der Waals surface area contributed by atoms with Crippen LogP contribution >= 0.6 is 38.5 Å². The van der Waals surface area contributed by atoms with Crippen molar-refractivity contribution >= 4 is 44.2 Å². The maximum absolute atomic E-state index is 10.8. The Balaban J connectivity index is 2.34. The fourth-order valence-electron chi connectivity index (χ4n) is 1.42. The summed E-state index contributed by atoms with van der Waals surface area (Å²) in [7, 11) is 0. The van der Waals surface area contributed by atoms with Gasteiger partial charge in [-0.25, -0.2) is 4.98 Å². The van der Waals surface area contributed by atoms with Crippen LogP contribution in [-0.4, -0.2) is 9.91 Å². The molecule has 98 valence electrons. The fourth-order valence-corrected chi connectivity index (χ4v) is 2.16. The smallest absolute Gasteiger partial charge is 0.291 e. The van der Waals surface area contributed by atoms with Crippen LogP contribution < -0.4 is 4.74 Å². The highest BCUT2D eigenvalue weighted by molar-refractivity contribution is 14.1. The molecule has 7 heteroatoms. The molecule has 0 radical (unpaired) electrons. The normalized spacial score (nSPS) is 10.3. The van der Waals surface area contributed by atoms with E-state index in [4.69, 9.17) is 4.74 Å². The molecular formula is C12H8BrIN2O3. The number of nitro groups is 1. The lowest BCUT2D eigenvalue weighted by atomic mass is 10.2. The van der Waals surface area contributed by atoms with Crippen LogP contribution in [0.25, 0.3) is 0 Å². The molecular weight excluding hydrogens is 427 g/mol. The zero-order chi connectivity index (χ0) is 14.0. The summed E-state index contributed by atoms with van der Waals surface area (Å²) in [6, 6.07) is 7.43. The standard InChI is InChI=1S/C12H8BrIN2O3/c1-7-10(16(17)18)6-15-12(11(7)13)19-9-4-2-8(14)3-5-9/h2-6H,1H3. The summed E-state index contributed by atoms with van der Waals surface area (Å²) in [5.41, 5.74) is 0.447. The lowest BCUT2D eigenvalue weighted by molar-refractivity contribution is -0.385. The Morgan fingerprint density at radius 3 is 2.58 bits per heavy atom. The molecule has 1 heterocycles. The van der Waals surface area contributed by atoms with Gasteiger partial charge in [-0.1, -0.05) is 0 Å². The Morgan fingerprint density at radius 1 is 1.37 bits per heavy atom. The van der Waals surface area contributed by atoms with Gasteiger partial charge >= 0.3 is 0 Å². The summed E-state index contributed by atoms with van der Waals surface area (Å²) < 4.78 is 7.18. The third-order valence-electron chi connectivity index (χ3n) is 2.43. The minimum absolute atomic E-state index is 0.0400. The van der Waals surface area contributed by atoms with E-state index in [-0.39, 0.29) is 5.69 Å². The number of nitrogens with zero attached hydrogens (tertiary/aromatic N) is 2. The molecule has 0 spiro atoms. The second-order valence-electron chi connectivity index (χ2n) is 3.70. The number of hydrogen-bond donors (Lipinski definition) is 0. The number of rotatable bonds is 3. The summed E-state index contributed by atoms with van der Waals surface area (Å²) in [6.45, 7) is 1.64. The molecule has 0 saturated carbocycles. The van der Waals surface area contributed by atoms with Gasteiger partial charge in [0, 0.05) is 9.13 Å². The van der Waals surface area contributed by atoms with Crippen molar-refractivity contribution in [3.8, 4) is 11.6 Å². The summed E-state index contributed by atoms with van der Waals surface area (Å²) in [6.07, 6.45) is 1.20. The van der Waals surface area contributed by atoms with Gasteiger partial charge in [0.2, 0.25) is 5.88 Å². The molecule has 0 saturated heterocycles. The maximum Gasteiger partial charge on any atom is 0.291 e. The Kier molecular flexibility index (Phi) is 4.35. The fraction of sp³-hybridized carbons (Fsp3) is 0.0833. The van der Waals surface area contributed by atoms with Gasteiger partial charge in [-0.15, -0.1) is 0 Å². The van der Waals surface area contributed by atoms with Gasteiger partial charge in [-0.05, 0) is 69.7 Å². The van der Waals surface area contributed by atoms with E-state index in [1.165, 1.54) is 6.20 Å². The molecule has 0 fully saturated rings. The first kappa shape index (κ1) is 14.2. The zero-order valence-corrected chi connectivity index (χ0v) is 13.5. The van der Waals surface area contributed by atoms with Gasteiger partial charge in [-0.3, -0.25) is 10.1 Å². The van der Waals surface area contributed by atoms with Crippen molar-refractivity contribution in [1.29, 1.82) is 0 Å². The molecule has 0 bridgehead atoms. The Morgan fingerprint density at radius 2 is 2.00 bits per heavy atom. The minimum atomic E-state index is -0.470. The number of ether oxygens (including phenoxy) is 1. The Bertz CT molecular complexity index is 632. The first-order chi connectivity index (χ1) is 8.99. The number of aromatic nitrogens is 1. The van der Waals surface area contributed by atoms with Gasteiger partial charge in [0.1, 0.15) is 11.9 Å². The molecule has 0 aliphatic carbocycles. The minimum Gasteiger partial charge on any atom is -0.438 e. The lowest BCUT2D eigenvalue weighted by Gasteiger charge is -2.08. The molecule has 0 amide bonds. The van der Waals surface area contributed by atoms with E-state index in [0.29, 0.717) is 21.7 Å². The first-order valence-corrected chi connectivity index (χ1v) is 7.09. The van der Waals surface area contributed by atoms with Crippen LogP contribution in [0.3, 0.4) is 0 Å².